The van der Waals surface area contributed by atoms with Crippen LogP contribution >= 0.6 is 0 Å². The maximum Gasteiger partial charge on any atom is 0.419 e. The molecule has 0 saturated heterocycles. The monoisotopic (exact) mass is 464 g/mol. The number of urea groups is 1. The van der Waals surface area contributed by atoms with Crippen molar-refractivity contribution in [2.75, 3.05) is 11.9 Å². The first-order chi connectivity index (χ1) is 15.5. The van der Waals surface area contributed by atoms with Crippen LogP contribution in [0.1, 0.15) is 21.6 Å². The first-order valence-corrected chi connectivity index (χ1v) is 9.35. The molecule has 0 atom stereocenters. The molecule has 0 unspecified atom stereocenters. The molecule has 1 aromatic heterocycles. The number of primary amides is 1. The topological polar surface area (TPSA) is 123 Å². The number of hydrogen-bond acceptors (Lipinski definition) is 5. The predicted octanol–water partition coefficient (Wildman–Crippen LogP) is 3.99. The predicted molar refractivity (Wildman–Crippen MR) is 109 cm³/mol. The Morgan fingerprint density at radius 2 is 1.79 bits per heavy atom. The zero-order valence-electron chi connectivity index (χ0n) is 16.7. The standard InChI is InChI=1S/C21H16F4N4O4/c22-16-4-3-14(9-15(16)21(23,24)25)29-20(32)27-6-5-11-1-2-12-8-17(18(30)33-19(26)31)28-10-13(12)7-11/h1-4,7-10H,5-6H2,(H2,26,31)(H2,27,29,32). The van der Waals surface area contributed by atoms with E-state index in [2.05, 4.69) is 20.4 Å². The van der Waals surface area contributed by atoms with Crippen molar-refractivity contribution in [3.05, 3.63) is 71.3 Å². The largest absolute Gasteiger partial charge is 0.419 e. The van der Waals surface area contributed by atoms with Gasteiger partial charge in [0, 0.05) is 23.8 Å². The van der Waals surface area contributed by atoms with E-state index in [1.807, 2.05) is 0 Å². The van der Waals surface area contributed by atoms with Crippen LogP contribution in [0.5, 0.6) is 0 Å². The molecular formula is C21H16F4N4O4. The summed E-state index contributed by atoms with van der Waals surface area (Å²) in [7, 11) is 0. The molecule has 0 bridgehead atoms. The molecule has 0 radical (unpaired) electrons. The van der Waals surface area contributed by atoms with Gasteiger partial charge in [-0.25, -0.2) is 23.8 Å². The van der Waals surface area contributed by atoms with Crippen molar-refractivity contribution in [2.24, 2.45) is 5.73 Å². The number of hydrogen-bond donors (Lipinski definition) is 3. The van der Waals surface area contributed by atoms with Crippen LogP contribution in [0.3, 0.4) is 0 Å². The number of rotatable bonds is 5. The fraction of sp³-hybridized carbons (Fsp3) is 0.143. The number of aromatic nitrogens is 1. The number of carbonyl (C=O) groups excluding carboxylic acids is 3. The second-order valence-electron chi connectivity index (χ2n) is 6.78. The van der Waals surface area contributed by atoms with Crippen molar-refractivity contribution in [1.29, 1.82) is 0 Å². The number of pyridine rings is 1. The molecule has 3 aromatic rings. The van der Waals surface area contributed by atoms with Gasteiger partial charge in [-0.05, 0) is 47.7 Å². The molecule has 0 fully saturated rings. The van der Waals surface area contributed by atoms with Gasteiger partial charge in [-0.2, -0.15) is 13.2 Å². The van der Waals surface area contributed by atoms with Crippen molar-refractivity contribution in [3.8, 4) is 0 Å². The normalized spacial score (nSPS) is 11.2. The number of amides is 3. The number of benzene rings is 2. The highest BCUT2D eigenvalue weighted by Crippen LogP contribution is 2.33. The summed E-state index contributed by atoms with van der Waals surface area (Å²) in [6.45, 7) is 0.154. The number of esters is 1. The van der Waals surface area contributed by atoms with E-state index >= 15 is 0 Å². The first kappa shape index (κ1) is 23.4. The highest BCUT2D eigenvalue weighted by atomic mass is 19.4. The third kappa shape index (κ3) is 6.15. The molecule has 0 aliphatic rings. The van der Waals surface area contributed by atoms with Gasteiger partial charge in [-0.3, -0.25) is 0 Å². The van der Waals surface area contributed by atoms with Crippen LogP contribution in [0.25, 0.3) is 10.8 Å². The Hall–Kier alpha value is -4.22. The van der Waals surface area contributed by atoms with E-state index < -0.39 is 35.7 Å². The van der Waals surface area contributed by atoms with E-state index in [4.69, 9.17) is 5.73 Å². The minimum atomic E-state index is -4.88. The third-order valence-corrected chi connectivity index (χ3v) is 4.42. The SMILES string of the molecule is NC(=O)OC(=O)c1cc2ccc(CCNC(=O)Nc3ccc(F)c(C(F)(F)F)c3)cc2cn1. The van der Waals surface area contributed by atoms with Gasteiger partial charge in [0.05, 0.1) is 5.56 Å². The maximum absolute atomic E-state index is 13.3. The molecule has 0 spiro atoms. The van der Waals surface area contributed by atoms with Gasteiger partial charge in [0.1, 0.15) is 11.5 Å². The van der Waals surface area contributed by atoms with E-state index in [1.54, 1.807) is 18.2 Å². The van der Waals surface area contributed by atoms with Crippen molar-refractivity contribution < 1.29 is 36.7 Å². The molecule has 1 heterocycles. The van der Waals surface area contributed by atoms with Gasteiger partial charge in [-0.1, -0.05) is 12.1 Å². The number of nitrogens with two attached hydrogens (primary N) is 1. The summed E-state index contributed by atoms with van der Waals surface area (Å²) in [4.78, 5) is 38.2. The second-order valence-corrected chi connectivity index (χ2v) is 6.78. The van der Waals surface area contributed by atoms with Gasteiger partial charge in [0.15, 0.2) is 0 Å². The fourth-order valence-corrected chi connectivity index (χ4v) is 2.92. The minimum Gasteiger partial charge on any atom is -0.372 e. The molecular weight excluding hydrogens is 448 g/mol. The summed E-state index contributed by atoms with van der Waals surface area (Å²) >= 11 is 0. The van der Waals surface area contributed by atoms with Gasteiger partial charge in [-0.15, -0.1) is 0 Å². The Morgan fingerprint density at radius 3 is 2.48 bits per heavy atom. The number of halogens is 4. The van der Waals surface area contributed by atoms with Crippen LogP contribution in [0.15, 0.2) is 48.7 Å². The average molecular weight is 464 g/mol. The minimum absolute atomic E-state index is 0.0955. The summed E-state index contributed by atoms with van der Waals surface area (Å²) in [5.74, 6) is -2.41. The van der Waals surface area contributed by atoms with Gasteiger partial charge in [0.25, 0.3) is 0 Å². The second kappa shape index (κ2) is 9.51. The molecule has 3 amide bonds. The Labute approximate surface area is 183 Å². The molecule has 2 aromatic carbocycles. The van der Waals surface area contributed by atoms with Crippen molar-refractivity contribution in [3.63, 3.8) is 0 Å². The molecule has 3 rings (SSSR count). The van der Waals surface area contributed by atoms with Crippen LogP contribution in [-0.4, -0.2) is 29.6 Å². The smallest absolute Gasteiger partial charge is 0.372 e. The summed E-state index contributed by atoms with van der Waals surface area (Å²) in [6.07, 6.45) is -4.34. The molecule has 172 valence electrons. The lowest BCUT2D eigenvalue weighted by Gasteiger charge is -2.12. The fourth-order valence-electron chi connectivity index (χ4n) is 2.92. The quantitative estimate of drug-likeness (QED) is 0.299. The third-order valence-electron chi connectivity index (χ3n) is 4.42. The lowest BCUT2D eigenvalue weighted by molar-refractivity contribution is -0.139. The van der Waals surface area contributed by atoms with Gasteiger partial charge in [0.2, 0.25) is 0 Å². The highest BCUT2D eigenvalue weighted by molar-refractivity contribution is 5.97. The van der Waals surface area contributed by atoms with Crippen LogP contribution in [0.2, 0.25) is 0 Å². The molecule has 8 nitrogen and oxygen atoms in total. The van der Waals surface area contributed by atoms with Gasteiger partial charge >= 0.3 is 24.3 Å². The van der Waals surface area contributed by atoms with Crippen LogP contribution in [0, 0.1) is 5.82 Å². The molecule has 0 saturated carbocycles. The first-order valence-electron chi connectivity index (χ1n) is 9.35. The Kier molecular flexibility index (Phi) is 6.75. The lowest BCUT2D eigenvalue weighted by Crippen LogP contribution is -2.30. The maximum atomic E-state index is 13.3. The van der Waals surface area contributed by atoms with Crippen molar-refractivity contribution >= 4 is 34.6 Å². The number of nitrogens with one attached hydrogen (secondary N) is 2. The zero-order chi connectivity index (χ0) is 24.2. The molecule has 12 heteroatoms. The van der Waals surface area contributed by atoms with Crippen LogP contribution in [0.4, 0.5) is 32.8 Å². The molecule has 0 aliphatic carbocycles. The van der Waals surface area contributed by atoms with E-state index in [9.17, 15) is 31.9 Å². The van der Waals surface area contributed by atoms with Crippen LogP contribution < -0.4 is 16.4 Å². The molecule has 4 N–H and O–H groups in total. The lowest BCUT2D eigenvalue weighted by atomic mass is 10.1. The number of ether oxygens (including phenoxy) is 1. The Balaban J connectivity index is 1.58. The average Bonchev–Trinajstić information content (AvgIpc) is 2.73. The zero-order valence-corrected chi connectivity index (χ0v) is 16.7. The number of alkyl halides is 3. The van der Waals surface area contributed by atoms with E-state index in [-0.39, 0.29) is 17.9 Å². The van der Waals surface area contributed by atoms with Crippen LogP contribution in [-0.2, 0) is 17.3 Å². The summed E-state index contributed by atoms with van der Waals surface area (Å²) in [6, 6.07) is 8.03. The number of fused-ring (bicyclic) bond motifs is 1. The Bertz CT molecular complexity index is 1230. The number of carbonyl (C=O) groups is 3. The molecule has 0 aliphatic heterocycles. The van der Waals surface area contributed by atoms with E-state index in [0.717, 1.165) is 11.6 Å². The summed E-state index contributed by atoms with van der Waals surface area (Å²) in [5, 5.41) is 6.05. The summed E-state index contributed by atoms with van der Waals surface area (Å²) in [5.41, 5.74) is 3.83. The van der Waals surface area contributed by atoms with E-state index in [1.165, 1.54) is 12.3 Å². The van der Waals surface area contributed by atoms with Crippen molar-refractivity contribution in [1.82, 2.24) is 10.3 Å². The Morgan fingerprint density at radius 1 is 1.03 bits per heavy atom. The number of anilines is 1. The number of nitrogens with zero attached hydrogens (tertiary/aromatic N) is 1. The van der Waals surface area contributed by atoms with Gasteiger partial charge < -0.3 is 21.1 Å². The van der Waals surface area contributed by atoms with E-state index in [0.29, 0.717) is 29.3 Å². The highest BCUT2D eigenvalue weighted by Gasteiger charge is 2.34. The van der Waals surface area contributed by atoms with Crippen molar-refractivity contribution in [2.45, 2.75) is 12.6 Å². The molecule has 33 heavy (non-hydrogen) atoms. The summed E-state index contributed by atoms with van der Waals surface area (Å²) < 4.78 is 55.9.